The number of hydrogen-bond acceptors (Lipinski definition) is 3. The van der Waals surface area contributed by atoms with Gasteiger partial charge >= 0.3 is 0 Å². The molecule has 0 radical (unpaired) electrons. The van der Waals surface area contributed by atoms with E-state index >= 15 is 0 Å². The standard InChI is InChI=1S/C14H9FN2O/c1-3-4-12(9-18)14(17-2)10-5-6-11(8-16)13(15)7-10/h5-7,9H,2H2,1H3/b14-12-. The maximum absolute atomic E-state index is 13.5. The molecule has 0 spiro atoms. The van der Waals surface area contributed by atoms with Crippen LogP contribution in [-0.2, 0) is 4.79 Å². The molecule has 4 heteroatoms. The van der Waals surface area contributed by atoms with Gasteiger partial charge in [-0.3, -0.25) is 9.79 Å². The predicted molar refractivity (Wildman–Crippen MR) is 67.1 cm³/mol. The molecule has 0 amide bonds. The fourth-order valence-corrected chi connectivity index (χ4v) is 1.36. The van der Waals surface area contributed by atoms with Crippen molar-refractivity contribution in [3.63, 3.8) is 0 Å². The van der Waals surface area contributed by atoms with Crippen molar-refractivity contribution in [1.82, 2.24) is 0 Å². The molecule has 3 nitrogen and oxygen atoms in total. The average molecular weight is 240 g/mol. The molecule has 0 heterocycles. The maximum atomic E-state index is 13.5. The number of benzene rings is 1. The zero-order chi connectivity index (χ0) is 13.5. The van der Waals surface area contributed by atoms with E-state index < -0.39 is 5.82 Å². The van der Waals surface area contributed by atoms with Crippen molar-refractivity contribution in [3.8, 4) is 17.9 Å². The molecule has 1 aromatic carbocycles. The van der Waals surface area contributed by atoms with Gasteiger partial charge in [-0.2, -0.15) is 5.26 Å². The normalized spacial score (nSPS) is 10.5. The Labute approximate surface area is 104 Å². The highest BCUT2D eigenvalue weighted by Gasteiger charge is 2.09. The zero-order valence-corrected chi connectivity index (χ0v) is 9.70. The second-order valence-electron chi connectivity index (χ2n) is 3.22. The molecule has 0 bridgehead atoms. The van der Waals surface area contributed by atoms with Gasteiger partial charge in [0.1, 0.15) is 11.9 Å². The first-order chi connectivity index (χ1) is 8.67. The molecule has 0 atom stereocenters. The van der Waals surface area contributed by atoms with Crippen molar-refractivity contribution >= 4 is 18.7 Å². The molecule has 0 aliphatic heterocycles. The van der Waals surface area contributed by atoms with E-state index in [-0.39, 0.29) is 16.8 Å². The molecular weight excluding hydrogens is 231 g/mol. The molecule has 0 aliphatic rings. The third-order valence-electron chi connectivity index (χ3n) is 2.15. The Hall–Kier alpha value is -2.72. The molecule has 0 aliphatic carbocycles. The van der Waals surface area contributed by atoms with Crippen molar-refractivity contribution in [3.05, 3.63) is 40.7 Å². The summed E-state index contributed by atoms with van der Waals surface area (Å²) in [5, 5.41) is 8.63. The summed E-state index contributed by atoms with van der Waals surface area (Å²) in [4.78, 5) is 14.6. The second kappa shape index (κ2) is 6.12. The van der Waals surface area contributed by atoms with Crippen LogP contribution in [0.4, 0.5) is 4.39 Å². The molecule has 0 N–H and O–H groups in total. The highest BCUT2D eigenvalue weighted by Crippen LogP contribution is 2.21. The minimum Gasteiger partial charge on any atom is -0.297 e. The number of rotatable bonds is 3. The van der Waals surface area contributed by atoms with Crippen LogP contribution in [0.1, 0.15) is 18.1 Å². The lowest BCUT2D eigenvalue weighted by molar-refractivity contribution is -0.104. The van der Waals surface area contributed by atoms with Crippen molar-refractivity contribution < 1.29 is 9.18 Å². The summed E-state index contributed by atoms with van der Waals surface area (Å²) in [6.07, 6.45) is 0.538. The molecule has 0 saturated carbocycles. The van der Waals surface area contributed by atoms with Gasteiger partial charge in [0.15, 0.2) is 6.29 Å². The van der Waals surface area contributed by atoms with Gasteiger partial charge in [0.25, 0.3) is 0 Å². The van der Waals surface area contributed by atoms with E-state index in [1.54, 1.807) is 13.0 Å². The van der Waals surface area contributed by atoms with Crippen LogP contribution in [0, 0.1) is 29.0 Å². The number of halogens is 1. The molecule has 0 fully saturated rings. The van der Waals surface area contributed by atoms with Crippen LogP contribution < -0.4 is 0 Å². The first-order valence-electron chi connectivity index (χ1n) is 4.96. The van der Waals surface area contributed by atoms with E-state index in [4.69, 9.17) is 5.26 Å². The number of carbonyl (C=O) groups excluding carboxylic acids is 1. The Morgan fingerprint density at radius 2 is 2.28 bits per heavy atom. The van der Waals surface area contributed by atoms with Crippen LogP contribution in [-0.4, -0.2) is 13.0 Å². The summed E-state index contributed by atoms with van der Waals surface area (Å²) >= 11 is 0. The fourth-order valence-electron chi connectivity index (χ4n) is 1.36. The Bertz CT molecular complexity index is 627. The monoisotopic (exact) mass is 240 g/mol. The molecule has 1 rings (SSSR count). The van der Waals surface area contributed by atoms with Gasteiger partial charge in [0.2, 0.25) is 0 Å². The smallest absolute Gasteiger partial charge is 0.160 e. The largest absolute Gasteiger partial charge is 0.297 e. The first-order valence-corrected chi connectivity index (χ1v) is 4.96. The minimum absolute atomic E-state index is 0.0728. The zero-order valence-electron chi connectivity index (χ0n) is 9.70. The highest BCUT2D eigenvalue weighted by molar-refractivity contribution is 5.93. The molecule has 18 heavy (non-hydrogen) atoms. The van der Waals surface area contributed by atoms with E-state index in [0.717, 1.165) is 6.07 Å². The van der Waals surface area contributed by atoms with Gasteiger partial charge in [0.05, 0.1) is 16.8 Å². The number of nitrogens with zero attached hydrogens (tertiary/aromatic N) is 2. The van der Waals surface area contributed by atoms with Gasteiger partial charge in [-0.1, -0.05) is 12.0 Å². The maximum Gasteiger partial charge on any atom is 0.160 e. The SMILES string of the molecule is C=N/C(=C(/C#CC)C=O)c1ccc(C#N)c(F)c1. The number of aldehydes is 1. The lowest BCUT2D eigenvalue weighted by atomic mass is 10.1. The molecule has 0 saturated heterocycles. The van der Waals surface area contributed by atoms with Crippen LogP contribution in [0.25, 0.3) is 5.70 Å². The summed E-state index contributed by atoms with van der Waals surface area (Å²) in [6.45, 7) is 4.91. The van der Waals surface area contributed by atoms with E-state index in [0.29, 0.717) is 11.8 Å². The lowest BCUT2D eigenvalue weighted by Gasteiger charge is -2.03. The van der Waals surface area contributed by atoms with Gasteiger partial charge < -0.3 is 0 Å². The molecule has 1 aromatic rings. The summed E-state index contributed by atoms with van der Waals surface area (Å²) in [6, 6.07) is 5.65. The van der Waals surface area contributed by atoms with E-state index in [1.807, 2.05) is 0 Å². The van der Waals surface area contributed by atoms with Crippen molar-refractivity contribution in [1.29, 1.82) is 5.26 Å². The minimum atomic E-state index is -0.675. The Balaban J connectivity index is 3.46. The van der Waals surface area contributed by atoms with Crippen LogP contribution in [0.3, 0.4) is 0 Å². The third-order valence-corrected chi connectivity index (χ3v) is 2.15. The summed E-state index contributed by atoms with van der Waals surface area (Å²) in [5.74, 6) is 4.46. The number of aliphatic imine (C=N–C) groups is 1. The highest BCUT2D eigenvalue weighted by atomic mass is 19.1. The van der Waals surface area contributed by atoms with Gasteiger partial charge in [-0.25, -0.2) is 4.39 Å². The predicted octanol–water partition coefficient (Wildman–Crippen LogP) is 2.33. The van der Waals surface area contributed by atoms with Crippen LogP contribution >= 0.6 is 0 Å². The van der Waals surface area contributed by atoms with Crippen molar-refractivity contribution in [2.45, 2.75) is 6.92 Å². The van der Waals surface area contributed by atoms with Crippen LogP contribution in [0.5, 0.6) is 0 Å². The van der Waals surface area contributed by atoms with Gasteiger partial charge in [-0.15, -0.1) is 5.92 Å². The molecule has 0 unspecified atom stereocenters. The Kier molecular flexibility index (Phi) is 4.54. The lowest BCUT2D eigenvalue weighted by Crippen LogP contribution is -1.92. The quantitative estimate of drug-likeness (QED) is 0.352. The second-order valence-corrected chi connectivity index (χ2v) is 3.22. The summed E-state index contributed by atoms with van der Waals surface area (Å²) in [5.41, 5.74) is 0.599. The first kappa shape index (κ1) is 13.3. The number of nitriles is 1. The summed E-state index contributed by atoms with van der Waals surface area (Å²) in [7, 11) is 0. The van der Waals surface area contributed by atoms with Gasteiger partial charge in [0, 0.05) is 5.56 Å². The van der Waals surface area contributed by atoms with E-state index in [1.165, 1.54) is 12.1 Å². The van der Waals surface area contributed by atoms with E-state index in [2.05, 4.69) is 23.6 Å². The Morgan fingerprint density at radius 3 is 2.72 bits per heavy atom. The molecule has 88 valence electrons. The topological polar surface area (TPSA) is 53.2 Å². The number of allylic oxidation sites excluding steroid dienone is 1. The molecule has 0 aromatic heterocycles. The molecular formula is C14H9FN2O. The third kappa shape index (κ3) is 2.69. The van der Waals surface area contributed by atoms with E-state index in [9.17, 15) is 9.18 Å². The van der Waals surface area contributed by atoms with Crippen molar-refractivity contribution in [2.75, 3.05) is 0 Å². The Morgan fingerprint density at radius 1 is 1.56 bits per heavy atom. The number of hydrogen-bond donors (Lipinski definition) is 0. The van der Waals surface area contributed by atoms with Gasteiger partial charge in [-0.05, 0) is 25.8 Å². The average Bonchev–Trinajstić information content (AvgIpc) is 2.38. The fraction of sp³-hybridized carbons (Fsp3) is 0.0714. The van der Waals surface area contributed by atoms with Crippen molar-refractivity contribution in [2.24, 2.45) is 4.99 Å². The van der Waals surface area contributed by atoms with Crippen LogP contribution in [0.15, 0.2) is 28.8 Å². The van der Waals surface area contributed by atoms with Crippen LogP contribution in [0.2, 0.25) is 0 Å². The summed E-state index contributed by atoms with van der Waals surface area (Å²) < 4.78 is 13.5. The number of carbonyl (C=O) groups is 1.